The SMILES string of the molecule is Cc1ncn2c(CC(C)CN)cccc12. The summed E-state index contributed by atoms with van der Waals surface area (Å²) in [5, 5.41) is 0. The van der Waals surface area contributed by atoms with Gasteiger partial charge in [-0.05, 0) is 37.9 Å². The highest BCUT2D eigenvalue weighted by atomic mass is 15.0. The van der Waals surface area contributed by atoms with Crippen molar-refractivity contribution in [1.29, 1.82) is 0 Å². The maximum atomic E-state index is 5.64. The number of fused-ring (bicyclic) bond motifs is 1. The molecule has 3 nitrogen and oxygen atoms in total. The van der Waals surface area contributed by atoms with Crippen molar-refractivity contribution in [3.05, 3.63) is 35.9 Å². The molecule has 1 unspecified atom stereocenters. The van der Waals surface area contributed by atoms with Crippen LogP contribution < -0.4 is 5.73 Å². The van der Waals surface area contributed by atoms with E-state index in [0.29, 0.717) is 5.92 Å². The Morgan fingerprint density at radius 2 is 2.27 bits per heavy atom. The number of hydrogen-bond donors (Lipinski definition) is 1. The van der Waals surface area contributed by atoms with Crippen molar-refractivity contribution < 1.29 is 0 Å². The molecule has 0 fully saturated rings. The Hall–Kier alpha value is -1.35. The van der Waals surface area contributed by atoms with Gasteiger partial charge < -0.3 is 10.1 Å². The van der Waals surface area contributed by atoms with Crippen molar-refractivity contribution in [3.63, 3.8) is 0 Å². The van der Waals surface area contributed by atoms with E-state index in [1.807, 2.05) is 13.3 Å². The lowest BCUT2D eigenvalue weighted by Gasteiger charge is -2.10. The summed E-state index contributed by atoms with van der Waals surface area (Å²) in [7, 11) is 0. The third-order valence-corrected chi connectivity index (χ3v) is 2.81. The Labute approximate surface area is 89.9 Å². The van der Waals surface area contributed by atoms with Crippen molar-refractivity contribution in [3.8, 4) is 0 Å². The summed E-state index contributed by atoms with van der Waals surface area (Å²) in [6, 6.07) is 6.32. The minimum Gasteiger partial charge on any atom is -0.330 e. The Bertz CT molecular complexity index is 459. The summed E-state index contributed by atoms with van der Waals surface area (Å²) in [6.45, 7) is 4.93. The summed E-state index contributed by atoms with van der Waals surface area (Å²) in [5.41, 5.74) is 9.20. The van der Waals surface area contributed by atoms with Gasteiger partial charge in [0, 0.05) is 5.69 Å². The molecule has 3 heteroatoms. The van der Waals surface area contributed by atoms with Gasteiger partial charge in [0.25, 0.3) is 0 Å². The lowest BCUT2D eigenvalue weighted by atomic mass is 10.1. The number of nitrogens with two attached hydrogens (primary N) is 1. The van der Waals surface area contributed by atoms with Gasteiger partial charge >= 0.3 is 0 Å². The van der Waals surface area contributed by atoms with Crippen LogP contribution in [0, 0.1) is 12.8 Å². The fourth-order valence-electron chi connectivity index (χ4n) is 1.81. The molecule has 15 heavy (non-hydrogen) atoms. The maximum Gasteiger partial charge on any atom is 0.0997 e. The molecule has 0 aromatic carbocycles. The van der Waals surface area contributed by atoms with Gasteiger partial charge in [0.1, 0.15) is 0 Å². The van der Waals surface area contributed by atoms with Crippen LogP contribution in [0.1, 0.15) is 18.3 Å². The summed E-state index contributed by atoms with van der Waals surface area (Å²) < 4.78 is 2.15. The van der Waals surface area contributed by atoms with Gasteiger partial charge in [-0.1, -0.05) is 13.0 Å². The van der Waals surface area contributed by atoms with E-state index in [1.54, 1.807) is 0 Å². The Kier molecular flexibility index (Phi) is 2.73. The van der Waals surface area contributed by atoms with Crippen LogP contribution in [-0.2, 0) is 6.42 Å². The molecule has 2 N–H and O–H groups in total. The summed E-state index contributed by atoms with van der Waals surface area (Å²) in [4.78, 5) is 4.32. The quantitative estimate of drug-likeness (QED) is 0.826. The number of pyridine rings is 1. The normalized spacial score (nSPS) is 13.3. The molecule has 0 aliphatic rings. The van der Waals surface area contributed by atoms with Crippen LogP contribution in [0.2, 0.25) is 0 Å². The second kappa shape index (κ2) is 4.03. The predicted molar refractivity (Wildman–Crippen MR) is 61.9 cm³/mol. The van der Waals surface area contributed by atoms with Gasteiger partial charge in [-0.15, -0.1) is 0 Å². The molecule has 0 aliphatic heterocycles. The first-order chi connectivity index (χ1) is 7.22. The Morgan fingerprint density at radius 1 is 1.47 bits per heavy atom. The number of aryl methyl sites for hydroxylation is 1. The first-order valence-corrected chi connectivity index (χ1v) is 5.34. The first kappa shape index (κ1) is 10.2. The van der Waals surface area contributed by atoms with Crippen LogP contribution in [0.4, 0.5) is 0 Å². The Balaban J connectivity index is 2.43. The average Bonchev–Trinajstić information content (AvgIpc) is 2.62. The fourth-order valence-corrected chi connectivity index (χ4v) is 1.81. The zero-order chi connectivity index (χ0) is 10.8. The molecule has 0 amide bonds. The van der Waals surface area contributed by atoms with Crippen LogP contribution in [0.25, 0.3) is 5.52 Å². The van der Waals surface area contributed by atoms with E-state index in [2.05, 4.69) is 34.5 Å². The van der Waals surface area contributed by atoms with Crippen molar-refractivity contribution in [2.75, 3.05) is 6.54 Å². The maximum absolute atomic E-state index is 5.64. The van der Waals surface area contributed by atoms with Crippen molar-refractivity contribution in [1.82, 2.24) is 9.38 Å². The van der Waals surface area contributed by atoms with E-state index in [4.69, 9.17) is 5.73 Å². The largest absolute Gasteiger partial charge is 0.330 e. The van der Waals surface area contributed by atoms with E-state index >= 15 is 0 Å². The number of rotatable bonds is 3. The van der Waals surface area contributed by atoms with Crippen LogP contribution in [0.5, 0.6) is 0 Å². The van der Waals surface area contributed by atoms with E-state index in [-0.39, 0.29) is 0 Å². The molecule has 0 aliphatic carbocycles. The molecular formula is C12H17N3. The molecule has 0 saturated heterocycles. The van der Waals surface area contributed by atoms with Crippen LogP contribution >= 0.6 is 0 Å². The average molecular weight is 203 g/mol. The first-order valence-electron chi connectivity index (χ1n) is 5.34. The van der Waals surface area contributed by atoms with Gasteiger partial charge in [0.15, 0.2) is 0 Å². The van der Waals surface area contributed by atoms with Crippen molar-refractivity contribution in [2.24, 2.45) is 11.7 Å². The van der Waals surface area contributed by atoms with Crippen LogP contribution in [0.15, 0.2) is 24.5 Å². The van der Waals surface area contributed by atoms with E-state index in [1.165, 1.54) is 11.2 Å². The van der Waals surface area contributed by atoms with E-state index < -0.39 is 0 Å². The van der Waals surface area contributed by atoms with E-state index in [9.17, 15) is 0 Å². The third-order valence-electron chi connectivity index (χ3n) is 2.81. The lowest BCUT2D eigenvalue weighted by molar-refractivity contribution is 0.580. The van der Waals surface area contributed by atoms with Crippen LogP contribution in [-0.4, -0.2) is 15.9 Å². The molecule has 0 radical (unpaired) electrons. The molecular weight excluding hydrogens is 186 g/mol. The molecule has 0 saturated carbocycles. The summed E-state index contributed by atoms with van der Waals surface area (Å²) in [5.74, 6) is 0.512. The summed E-state index contributed by atoms with van der Waals surface area (Å²) >= 11 is 0. The van der Waals surface area contributed by atoms with Gasteiger partial charge in [-0.2, -0.15) is 0 Å². The minimum atomic E-state index is 0.512. The van der Waals surface area contributed by atoms with Gasteiger partial charge in [-0.3, -0.25) is 0 Å². The van der Waals surface area contributed by atoms with Gasteiger partial charge in [0.05, 0.1) is 17.5 Å². The number of nitrogens with zero attached hydrogens (tertiary/aromatic N) is 2. The fraction of sp³-hybridized carbons (Fsp3) is 0.417. The molecule has 2 rings (SSSR count). The van der Waals surface area contributed by atoms with Gasteiger partial charge in [-0.25, -0.2) is 4.98 Å². The molecule has 2 heterocycles. The third kappa shape index (κ3) is 1.88. The molecule has 2 aromatic heterocycles. The number of aromatic nitrogens is 2. The summed E-state index contributed by atoms with van der Waals surface area (Å²) in [6.07, 6.45) is 2.90. The number of hydrogen-bond acceptors (Lipinski definition) is 2. The van der Waals surface area contributed by atoms with Gasteiger partial charge in [0.2, 0.25) is 0 Å². The molecule has 0 bridgehead atoms. The molecule has 1 atom stereocenters. The molecule has 0 spiro atoms. The minimum absolute atomic E-state index is 0.512. The number of imidazole rings is 1. The Morgan fingerprint density at radius 3 is 3.00 bits per heavy atom. The smallest absolute Gasteiger partial charge is 0.0997 e. The second-order valence-electron chi connectivity index (χ2n) is 4.15. The zero-order valence-corrected chi connectivity index (χ0v) is 9.27. The highest BCUT2D eigenvalue weighted by molar-refractivity contribution is 5.52. The predicted octanol–water partition coefficient (Wildman–Crippen LogP) is 1.78. The standard InChI is InChI=1S/C12H17N3/c1-9(7-13)6-11-4-3-5-12-10(2)14-8-15(11)12/h3-5,8-9H,6-7,13H2,1-2H3. The zero-order valence-electron chi connectivity index (χ0n) is 9.27. The lowest BCUT2D eigenvalue weighted by Crippen LogP contribution is -2.14. The molecule has 80 valence electrons. The topological polar surface area (TPSA) is 43.3 Å². The van der Waals surface area contributed by atoms with Crippen molar-refractivity contribution in [2.45, 2.75) is 20.3 Å². The monoisotopic (exact) mass is 203 g/mol. The highest BCUT2D eigenvalue weighted by Gasteiger charge is 2.06. The van der Waals surface area contributed by atoms with Crippen molar-refractivity contribution >= 4 is 5.52 Å². The molecule has 2 aromatic rings. The highest BCUT2D eigenvalue weighted by Crippen LogP contribution is 2.14. The van der Waals surface area contributed by atoms with Crippen LogP contribution in [0.3, 0.4) is 0 Å². The van der Waals surface area contributed by atoms with E-state index in [0.717, 1.165) is 18.7 Å². The second-order valence-corrected chi connectivity index (χ2v) is 4.15.